The molecule has 4 N–H and O–H groups in total. The van der Waals surface area contributed by atoms with Crippen LogP contribution in [0.5, 0.6) is 0 Å². The molecule has 112 heavy (non-hydrogen) atoms. The van der Waals surface area contributed by atoms with E-state index in [-0.39, 0.29) is 63.6 Å². The zero-order valence-corrected chi connectivity index (χ0v) is 73.7. The topological polar surface area (TPSA) is 322 Å². The lowest BCUT2D eigenvalue weighted by atomic mass is 10.0. The molecule has 0 saturated carbocycles. The predicted molar refractivity (Wildman–Crippen MR) is 446 cm³/mol. The Morgan fingerprint density at radius 2 is 0.527 bits per heavy atom. The summed E-state index contributed by atoms with van der Waals surface area (Å²) in [6.45, 7) is 9.33. The van der Waals surface area contributed by atoms with Gasteiger partial charge in [0.15, 0.2) is 0 Å². The molecule has 0 fully saturated rings. The Bertz CT molecular complexity index is 2190. The van der Waals surface area contributed by atoms with Gasteiger partial charge in [-0.2, -0.15) is 0 Å². The Morgan fingerprint density at radius 1 is 0.295 bits per heavy atom. The fourth-order valence-electron chi connectivity index (χ4n) is 13.4. The summed E-state index contributed by atoms with van der Waals surface area (Å²) in [5.41, 5.74) is 0. The van der Waals surface area contributed by atoms with Crippen LogP contribution in [0, 0.1) is 0 Å². The Balaban J connectivity index is 5.92. The summed E-state index contributed by atoms with van der Waals surface area (Å²) in [5.74, 6) is -2.62. The largest absolute Gasteiger partial charge is 0.756 e. The maximum absolute atomic E-state index is 13.4. The van der Waals surface area contributed by atoms with Gasteiger partial charge in [0.25, 0.3) is 15.6 Å². The number of unbranched alkanes of at least 4 members (excludes halogenated alkanes) is 48. The molecule has 0 aromatic heterocycles. The highest BCUT2D eigenvalue weighted by molar-refractivity contribution is 7.46. The van der Waals surface area contributed by atoms with Crippen LogP contribution in [0.15, 0.2) is 0 Å². The number of ether oxygens (including phenoxy) is 4. The van der Waals surface area contributed by atoms with Crippen LogP contribution in [-0.2, 0) is 74.9 Å². The van der Waals surface area contributed by atoms with E-state index in [1.165, 1.54) is 141 Å². The number of ketones is 2. The van der Waals surface area contributed by atoms with Crippen LogP contribution in [0.4, 0.5) is 4.79 Å². The second kappa shape index (κ2) is 80.1. The van der Waals surface area contributed by atoms with Crippen LogP contribution in [0.3, 0.4) is 0 Å². The number of Topliss-reactive ketones (excluding diaryl/α,β-unsaturated/α-hetero) is 2. The molecule has 0 aliphatic heterocycles. The SMILES string of the molecule is CCCCCCCCCCCCCC(=O)O[C@H](CCCCCCCCC)OC[C@H](COP(=O)([O-])OCCNC(=O)NCCOP(=O)([O-])OC[C@@H](CO[C@@H](CCCCCCCCC)OC(=O)CCCCCCCCCCCCC)NC(=O)CC(=O)CCCCCCCCCCC)NC(=O)CC(=O)CCCCCCCCCCC. The van der Waals surface area contributed by atoms with Crippen molar-refractivity contribution >= 4 is 57.0 Å². The van der Waals surface area contributed by atoms with Crippen molar-refractivity contribution in [3.8, 4) is 0 Å². The van der Waals surface area contributed by atoms with Gasteiger partial charge in [0.05, 0.1) is 64.6 Å². The molecule has 0 aromatic carbocycles. The molecule has 2 unspecified atom stereocenters. The van der Waals surface area contributed by atoms with Gasteiger partial charge >= 0.3 is 18.0 Å². The first-order chi connectivity index (χ1) is 54.3. The molecule has 660 valence electrons. The van der Waals surface area contributed by atoms with Crippen molar-refractivity contribution in [1.29, 1.82) is 0 Å². The van der Waals surface area contributed by atoms with E-state index in [0.29, 0.717) is 51.4 Å². The molecule has 0 aliphatic carbocycles. The molecule has 25 heteroatoms. The van der Waals surface area contributed by atoms with Crippen molar-refractivity contribution < 1.29 is 89.5 Å². The van der Waals surface area contributed by atoms with E-state index in [2.05, 4.69) is 62.8 Å². The first-order valence-corrected chi connectivity index (χ1v) is 48.7. The average molecular weight is 1630 g/mol. The fraction of sp³-hybridized carbons (Fsp3) is 0.920. The smallest absolute Gasteiger partial charge is 0.314 e. The van der Waals surface area contributed by atoms with Gasteiger partial charge in [-0.15, -0.1) is 0 Å². The van der Waals surface area contributed by atoms with Crippen LogP contribution >= 0.6 is 15.6 Å². The standard InChI is InChI=1S/C87H168N4O19P2/c1-7-13-19-25-31-35-37-41-47-51-57-63-83(96)109-85(65-59-53-43-29-23-17-11-5)103-73-77(90-81(94)71-79(92)61-55-49-45-39-33-27-21-15-9-3)75-107-111(99,100)105-69-67-88-87(98)89-68-70-106-112(101,102)108-76-78(91-82(95)72-80(93)62-56-50-46-40-34-28-22-16-10-4)74-104-86(66-60-54-44-30-24-18-12-6)110-84(97)64-58-52-48-42-38-36-32-26-20-14-8-2/h77-78,85-86H,7-76H2,1-6H3,(H,90,94)(H,91,95)(H,99,100)(H,101,102)(H2,88,89,98)/p-2/t77-,78-,85-,86-/m1/s1. The van der Waals surface area contributed by atoms with Crippen LogP contribution in [0.1, 0.15) is 440 Å². The Morgan fingerprint density at radius 3 is 0.786 bits per heavy atom. The Hall–Kier alpha value is -3.37. The number of carbonyl (C=O) groups is 7. The van der Waals surface area contributed by atoms with Crippen molar-refractivity contribution in [1.82, 2.24) is 21.3 Å². The number of urea groups is 1. The summed E-state index contributed by atoms with van der Waals surface area (Å²) in [5, 5.41) is 10.2. The van der Waals surface area contributed by atoms with Gasteiger partial charge in [-0.3, -0.25) is 37.9 Å². The minimum absolute atomic E-state index is 0.219. The summed E-state index contributed by atoms with van der Waals surface area (Å²) in [7, 11) is -10.2. The monoisotopic (exact) mass is 1630 g/mol. The Labute approximate surface area is 681 Å². The van der Waals surface area contributed by atoms with Crippen molar-refractivity contribution in [2.24, 2.45) is 0 Å². The fourth-order valence-corrected chi connectivity index (χ4v) is 14.9. The van der Waals surface area contributed by atoms with E-state index in [4.69, 9.17) is 37.0 Å². The van der Waals surface area contributed by atoms with E-state index in [1.807, 2.05) is 0 Å². The molecule has 0 saturated heterocycles. The van der Waals surface area contributed by atoms with E-state index in [9.17, 15) is 52.5 Å². The Kier molecular flexibility index (Phi) is 77.7. The van der Waals surface area contributed by atoms with Gasteiger partial charge in [-0.25, -0.2) is 4.79 Å². The molecule has 0 radical (unpaired) electrons. The lowest BCUT2D eigenvalue weighted by Crippen LogP contribution is -2.43. The highest BCUT2D eigenvalue weighted by atomic mass is 31.2. The van der Waals surface area contributed by atoms with Gasteiger partial charge in [0, 0.05) is 51.6 Å². The third-order valence-electron chi connectivity index (χ3n) is 20.3. The number of phosphoric ester groups is 2. The lowest BCUT2D eigenvalue weighted by Gasteiger charge is -2.27. The van der Waals surface area contributed by atoms with Crippen LogP contribution in [0.2, 0.25) is 0 Å². The molecule has 4 amide bonds. The number of nitrogens with one attached hydrogen (secondary N) is 4. The molecule has 23 nitrogen and oxygen atoms in total. The normalized spacial score (nSPS) is 13.7. The molecule has 6 atom stereocenters. The zero-order chi connectivity index (χ0) is 82.3. The highest BCUT2D eigenvalue weighted by Crippen LogP contribution is 2.39. The second-order valence-corrected chi connectivity index (χ2v) is 34.2. The van der Waals surface area contributed by atoms with E-state index >= 15 is 0 Å². The number of phosphoric acid groups is 2. The summed E-state index contributed by atoms with van der Waals surface area (Å²) >= 11 is 0. The molecular formula is C87H166N4O19P2-2. The first kappa shape index (κ1) is 109. The first-order valence-electron chi connectivity index (χ1n) is 45.8. The lowest BCUT2D eigenvalue weighted by molar-refractivity contribution is -0.227. The second-order valence-electron chi connectivity index (χ2n) is 31.3. The quantitative estimate of drug-likeness (QED) is 0.0144. The maximum atomic E-state index is 13.4. The third-order valence-corrected chi connectivity index (χ3v) is 22.2. The molecule has 0 spiro atoms. The average Bonchev–Trinajstić information content (AvgIpc) is 0.905. The number of hydrogen-bond acceptors (Lipinski definition) is 19. The number of carbonyl (C=O) groups excluding carboxylic acids is 7. The van der Waals surface area contributed by atoms with E-state index < -0.39 is 109 Å². The molecule has 0 aromatic rings. The molecule has 0 bridgehead atoms. The van der Waals surface area contributed by atoms with Gasteiger partial charge in [0.1, 0.15) is 11.6 Å². The van der Waals surface area contributed by atoms with Crippen molar-refractivity contribution in [3.05, 3.63) is 0 Å². The van der Waals surface area contributed by atoms with Crippen LogP contribution in [0.25, 0.3) is 0 Å². The molecule has 0 heterocycles. The maximum Gasteiger partial charge on any atom is 0.314 e. The number of rotatable bonds is 88. The third kappa shape index (κ3) is 76.6. The summed E-state index contributed by atoms with van der Waals surface area (Å²) in [6, 6.07) is -3.06. The van der Waals surface area contributed by atoms with E-state index in [1.54, 1.807) is 0 Å². The minimum atomic E-state index is -5.11. The van der Waals surface area contributed by atoms with Gasteiger partial charge in [0.2, 0.25) is 24.4 Å². The summed E-state index contributed by atoms with van der Waals surface area (Å²) in [4.78, 5) is 119. The summed E-state index contributed by atoms with van der Waals surface area (Å²) < 4.78 is 71.1. The van der Waals surface area contributed by atoms with Crippen LogP contribution < -0.4 is 31.1 Å². The predicted octanol–water partition coefficient (Wildman–Crippen LogP) is 21.5. The molecule has 0 rings (SSSR count). The van der Waals surface area contributed by atoms with Crippen molar-refractivity contribution in [2.45, 2.75) is 464 Å². The summed E-state index contributed by atoms with van der Waals surface area (Å²) in [6.07, 6.45) is 57.3. The number of hydrogen-bond donors (Lipinski definition) is 4. The van der Waals surface area contributed by atoms with Gasteiger partial charge < -0.3 is 68.1 Å². The molecule has 0 aliphatic rings. The minimum Gasteiger partial charge on any atom is -0.756 e. The van der Waals surface area contributed by atoms with E-state index in [0.717, 1.165) is 167 Å². The number of amides is 4. The van der Waals surface area contributed by atoms with Crippen molar-refractivity contribution in [3.63, 3.8) is 0 Å². The molecular weight excluding hydrogens is 1470 g/mol. The van der Waals surface area contributed by atoms with Crippen LogP contribution in [-0.4, -0.2) is 119 Å². The van der Waals surface area contributed by atoms with Gasteiger partial charge in [-0.05, 0) is 38.5 Å². The van der Waals surface area contributed by atoms with Crippen molar-refractivity contribution in [2.75, 3.05) is 52.7 Å². The van der Waals surface area contributed by atoms with Gasteiger partial charge in [-0.1, -0.05) is 350 Å². The zero-order valence-electron chi connectivity index (χ0n) is 72.0. The highest BCUT2D eigenvalue weighted by Gasteiger charge is 2.26. The number of esters is 2.